The fourth-order valence-corrected chi connectivity index (χ4v) is 5.49. The molecule has 0 N–H and O–H groups in total. The molecule has 2 aliphatic heterocycles. The third kappa shape index (κ3) is 4.79. The fraction of sp³-hybridized carbons (Fsp3) is 0.654. The molecule has 3 fully saturated rings. The number of hydrogen-bond donors (Lipinski definition) is 0. The van der Waals surface area contributed by atoms with Gasteiger partial charge in [0.15, 0.2) is 0 Å². The van der Waals surface area contributed by atoms with Crippen molar-refractivity contribution in [3.05, 3.63) is 35.4 Å². The molecule has 1 aliphatic carbocycles. The molecule has 1 spiro atoms. The van der Waals surface area contributed by atoms with Crippen LogP contribution in [0.2, 0.25) is 0 Å². The fourth-order valence-electron chi connectivity index (χ4n) is 5.49. The summed E-state index contributed by atoms with van der Waals surface area (Å²) in [7, 11) is 0. The summed E-state index contributed by atoms with van der Waals surface area (Å²) in [6.07, 6.45) is 4.63. The van der Waals surface area contributed by atoms with E-state index in [1.165, 1.54) is 0 Å². The van der Waals surface area contributed by atoms with Crippen molar-refractivity contribution in [1.29, 1.82) is 0 Å². The van der Waals surface area contributed by atoms with Crippen LogP contribution in [0.4, 0.5) is 0 Å². The van der Waals surface area contributed by atoms with Crippen molar-refractivity contribution >= 4 is 17.8 Å². The van der Waals surface area contributed by atoms with Crippen molar-refractivity contribution in [3.63, 3.8) is 0 Å². The highest BCUT2D eigenvalue weighted by Gasteiger charge is 2.54. The molecule has 1 aromatic carbocycles. The Morgan fingerprint density at radius 1 is 1.12 bits per heavy atom. The third-order valence-corrected chi connectivity index (χ3v) is 7.51. The van der Waals surface area contributed by atoms with Gasteiger partial charge in [-0.25, -0.2) is 0 Å². The van der Waals surface area contributed by atoms with E-state index in [1.807, 2.05) is 31.2 Å². The van der Waals surface area contributed by atoms with Crippen LogP contribution >= 0.6 is 0 Å². The van der Waals surface area contributed by atoms with E-state index in [1.54, 1.807) is 16.7 Å². The molecule has 0 aromatic heterocycles. The number of aryl methyl sites for hydroxylation is 1. The van der Waals surface area contributed by atoms with E-state index < -0.39 is 11.8 Å². The van der Waals surface area contributed by atoms with Crippen LogP contribution in [0.25, 0.3) is 0 Å². The van der Waals surface area contributed by atoms with Gasteiger partial charge in [-0.3, -0.25) is 19.3 Å². The van der Waals surface area contributed by atoms with Crippen molar-refractivity contribution < 1.29 is 23.9 Å². The second-order valence-electron chi connectivity index (χ2n) is 9.85. The minimum Gasteiger partial charge on any atom is -0.466 e. The van der Waals surface area contributed by atoms with E-state index in [4.69, 9.17) is 9.47 Å². The number of benzene rings is 1. The lowest BCUT2D eigenvalue weighted by Crippen LogP contribution is -2.58. The Morgan fingerprint density at radius 2 is 1.82 bits per heavy atom. The van der Waals surface area contributed by atoms with Gasteiger partial charge in [-0.05, 0) is 70.4 Å². The van der Waals surface area contributed by atoms with Crippen molar-refractivity contribution in [1.82, 2.24) is 9.80 Å². The molecule has 4 rings (SSSR count). The Labute approximate surface area is 196 Å². The van der Waals surface area contributed by atoms with E-state index in [0.29, 0.717) is 44.0 Å². The van der Waals surface area contributed by atoms with Crippen LogP contribution in [0.1, 0.15) is 68.3 Å². The number of carbonyl (C=O) groups is 3. The first-order valence-electron chi connectivity index (χ1n) is 12.3. The van der Waals surface area contributed by atoms with Crippen LogP contribution in [-0.2, 0) is 19.1 Å². The molecule has 0 bridgehead atoms. The van der Waals surface area contributed by atoms with E-state index in [-0.39, 0.29) is 30.3 Å². The lowest BCUT2D eigenvalue weighted by Gasteiger charge is -2.44. The number of ether oxygens (including phenoxy) is 2. The first-order valence-corrected chi connectivity index (χ1v) is 12.3. The molecule has 33 heavy (non-hydrogen) atoms. The van der Waals surface area contributed by atoms with Gasteiger partial charge in [0.2, 0.25) is 5.91 Å². The second-order valence-corrected chi connectivity index (χ2v) is 9.85. The minimum atomic E-state index is -0.711. The number of likely N-dealkylation sites (tertiary alicyclic amines) is 1. The van der Waals surface area contributed by atoms with Gasteiger partial charge in [-0.1, -0.05) is 24.6 Å². The average Bonchev–Trinajstić information content (AvgIpc) is 3.19. The van der Waals surface area contributed by atoms with E-state index in [9.17, 15) is 14.4 Å². The van der Waals surface area contributed by atoms with Crippen molar-refractivity contribution in [2.75, 3.05) is 26.3 Å². The molecule has 0 unspecified atom stereocenters. The Kier molecular flexibility index (Phi) is 7.07. The molecular formula is C26H36N2O5. The summed E-state index contributed by atoms with van der Waals surface area (Å²) < 4.78 is 11.5. The largest absolute Gasteiger partial charge is 0.466 e. The molecular weight excluding hydrogens is 420 g/mol. The molecule has 1 aromatic rings. The number of amides is 2. The topological polar surface area (TPSA) is 76.2 Å². The highest BCUT2D eigenvalue weighted by molar-refractivity contribution is 5.98. The smallest absolute Gasteiger partial charge is 0.309 e. The predicted octanol–water partition coefficient (Wildman–Crippen LogP) is 3.54. The van der Waals surface area contributed by atoms with Gasteiger partial charge in [0, 0.05) is 18.7 Å². The summed E-state index contributed by atoms with van der Waals surface area (Å²) in [6.45, 7) is 7.58. The summed E-state index contributed by atoms with van der Waals surface area (Å²) in [5.41, 5.74) is 0.894. The van der Waals surface area contributed by atoms with E-state index >= 15 is 0 Å². The van der Waals surface area contributed by atoms with Crippen molar-refractivity contribution in [2.24, 2.45) is 11.8 Å². The van der Waals surface area contributed by atoms with Crippen LogP contribution < -0.4 is 0 Å². The summed E-state index contributed by atoms with van der Waals surface area (Å²) in [6, 6.07) is 6.91. The number of esters is 1. The van der Waals surface area contributed by atoms with Gasteiger partial charge in [0.05, 0.1) is 19.1 Å². The Balaban J connectivity index is 1.54. The van der Waals surface area contributed by atoms with Crippen LogP contribution in [0.15, 0.2) is 24.3 Å². The normalized spacial score (nSPS) is 28.2. The number of piperidine rings is 1. The van der Waals surface area contributed by atoms with Crippen molar-refractivity contribution in [3.8, 4) is 0 Å². The first kappa shape index (κ1) is 23.7. The molecule has 180 valence electrons. The summed E-state index contributed by atoms with van der Waals surface area (Å²) in [5, 5.41) is 0. The van der Waals surface area contributed by atoms with Crippen LogP contribution in [0.3, 0.4) is 0 Å². The van der Waals surface area contributed by atoms with Gasteiger partial charge >= 0.3 is 5.97 Å². The molecule has 1 atom stereocenters. The maximum atomic E-state index is 13.8. The third-order valence-electron chi connectivity index (χ3n) is 7.51. The van der Waals surface area contributed by atoms with Crippen LogP contribution in [-0.4, -0.2) is 65.7 Å². The Bertz CT molecular complexity index is 884. The first-order chi connectivity index (χ1) is 15.8. The Morgan fingerprint density at radius 3 is 2.45 bits per heavy atom. The minimum absolute atomic E-state index is 0.0752. The number of nitrogens with zero attached hydrogens (tertiary/aromatic N) is 2. The maximum Gasteiger partial charge on any atom is 0.309 e. The standard InChI is InChI=1S/C26H36N2O5/c1-4-32-25(31)20-10-14-27(15-11-20)24(30)22-17-33-26(12-8-18(2)9-13-26)28(22)23(29)21-7-5-6-19(3)16-21/h5-7,16,18,20,22H,4,8-15,17H2,1-3H3/t18?,22-,26?/m0/s1. The summed E-state index contributed by atoms with van der Waals surface area (Å²) in [4.78, 5) is 43.1. The lowest BCUT2D eigenvalue weighted by molar-refractivity contribution is -0.152. The molecule has 2 amide bonds. The highest BCUT2D eigenvalue weighted by atomic mass is 16.5. The van der Waals surface area contributed by atoms with Gasteiger partial charge in [-0.15, -0.1) is 0 Å². The van der Waals surface area contributed by atoms with Crippen LogP contribution in [0.5, 0.6) is 0 Å². The monoisotopic (exact) mass is 456 g/mol. The molecule has 2 heterocycles. The highest BCUT2D eigenvalue weighted by Crippen LogP contribution is 2.43. The molecule has 2 saturated heterocycles. The molecule has 7 heteroatoms. The number of carbonyl (C=O) groups excluding carboxylic acids is 3. The van der Waals surface area contributed by atoms with Gasteiger partial charge in [0.25, 0.3) is 5.91 Å². The molecule has 1 saturated carbocycles. The number of hydrogen-bond acceptors (Lipinski definition) is 5. The lowest BCUT2D eigenvalue weighted by atomic mass is 9.83. The van der Waals surface area contributed by atoms with Crippen molar-refractivity contribution in [2.45, 2.75) is 71.1 Å². The molecule has 0 radical (unpaired) electrons. The zero-order valence-corrected chi connectivity index (χ0v) is 20.0. The zero-order valence-electron chi connectivity index (χ0n) is 20.0. The maximum absolute atomic E-state index is 13.8. The Hall–Kier alpha value is -2.41. The van der Waals surface area contributed by atoms with Crippen LogP contribution in [0, 0.1) is 18.8 Å². The molecule has 7 nitrogen and oxygen atoms in total. The van der Waals surface area contributed by atoms with Gasteiger partial charge in [-0.2, -0.15) is 0 Å². The average molecular weight is 457 g/mol. The molecule has 3 aliphatic rings. The quantitative estimate of drug-likeness (QED) is 0.648. The van der Waals surface area contributed by atoms with Gasteiger partial charge in [0.1, 0.15) is 11.8 Å². The zero-order chi connectivity index (χ0) is 23.6. The second kappa shape index (κ2) is 9.84. The summed E-state index contributed by atoms with van der Waals surface area (Å²) in [5.74, 6) is 0.0384. The predicted molar refractivity (Wildman–Crippen MR) is 123 cm³/mol. The number of rotatable bonds is 4. The van der Waals surface area contributed by atoms with Gasteiger partial charge < -0.3 is 14.4 Å². The SMILES string of the molecule is CCOC(=O)C1CCN(C(=O)[C@@H]2COC3(CCC(C)CC3)N2C(=O)c2cccc(C)c2)CC1. The van der Waals surface area contributed by atoms with E-state index in [2.05, 4.69) is 6.92 Å². The van der Waals surface area contributed by atoms with E-state index in [0.717, 1.165) is 31.2 Å². The summed E-state index contributed by atoms with van der Waals surface area (Å²) >= 11 is 0.